The van der Waals surface area contributed by atoms with E-state index in [1.807, 2.05) is 7.05 Å². The molecule has 1 amide bonds. The zero-order chi connectivity index (χ0) is 15.5. The zero-order valence-corrected chi connectivity index (χ0v) is 12.9. The summed E-state index contributed by atoms with van der Waals surface area (Å²) in [5.74, 6) is -0.270. The van der Waals surface area contributed by atoms with Crippen molar-refractivity contribution in [3.63, 3.8) is 0 Å². The van der Waals surface area contributed by atoms with E-state index in [0.29, 0.717) is 25.6 Å². The van der Waals surface area contributed by atoms with Gasteiger partial charge in [-0.2, -0.15) is 0 Å². The second-order valence-corrected chi connectivity index (χ2v) is 6.26. The molecule has 0 spiro atoms. The van der Waals surface area contributed by atoms with Gasteiger partial charge in [-0.05, 0) is 31.9 Å². The first kappa shape index (κ1) is 15.4. The lowest BCUT2D eigenvalue weighted by atomic mass is 10.2. The number of halogens is 1. The standard InChI is InChI=1S/C16H22FN3O2/c1-19-6-7-22-13(10-19)11-20(9-12-2-3-12)16(21)14-4-5-18-8-15(14)17/h4-5,8,12-13H,2-3,6-7,9-11H2,1H3/t13-/m0/s1. The maximum atomic E-state index is 13.8. The van der Waals surface area contributed by atoms with Gasteiger partial charge >= 0.3 is 0 Å². The number of carbonyl (C=O) groups is 1. The highest BCUT2D eigenvalue weighted by molar-refractivity contribution is 5.94. The van der Waals surface area contributed by atoms with Gasteiger partial charge < -0.3 is 14.5 Å². The molecule has 0 N–H and O–H groups in total. The summed E-state index contributed by atoms with van der Waals surface area (Å²) < 4.78 is 19.6. The van der Waals surface area contributed by atoms with Gasteiger partial charge in [0, 0.05) is 32.4 Å². The Morgan fingerprint density at radius 2 is 2.32 bits per heavy atom. The molecule has 1 aromatic rings. The number of rotatable bonds is 5. The van der Waals surface area contributed by atoms with Gasteiger partial charge in [-0.25, -0.2) is 4.39 Å². The van der Waals surface area contributed by atoms with Crippen molar-refractivity contribution in [2.45, 2.75) is 18.9 Å². The molecular formula is C16H22FN3O2. The minimum Gasteiger partial charge on any atom is -0.374 e. The van der Waals surface area contributed by atoms with Crippen LogP contribution < -0.4 is 0 Å². The average molecular weight is 307 g/mol. The average Bonchev–Trinajstić information content (AvgIpc) is 3.30. The maximum absolute atomic E-state index is 13.8. The Morgan fingerprint density at radius 3 is 3.00 bits per heavy atom. The molecule has 2 heterocycles. The van der Waals surface area contributed by atoms with Crippen LogP contribution in [0.2, 0.25) is 0 Å². The number of carbonyl (C=O) groups excluding carboxylic acids is 1. The van der Waals surface area contributed by atoms with Gasteiger partial charge in [0.15, 0.2) is 5.82 Å². The summed E-state index contributed by atoms with van der Waals surface area (Å²) in [7, 11) is 2.05. The zero-order valence-electron chi connectivity index (χ0n) is 12.9. The second-order valence-electron chi connectivity index (χ2n) is 6.26. The van der Waals surface area contributed by atoms with E-state index in [1.54, 1.807) is 4.90 Å². The van der Waals surface area contributed by atoms with E-state index in [4.69, 9.17) is 4.74 Å². The van der Waals surface area contributed by atoms with E-state index in [-0.39, 0.29) is 17.6 Å². The lowest BCUT2D eigenvalue weighted by Crippen LogP contribution is -2.48. The van der Waals surface area contributed by atoms with Gasteiger partial charge in [0.25, 0.3) is 5.91 Å². The molecule has 1 atom stereocenters. The fraction of sp³-hybridized carbons (Fsp3) is 0.625. The lowest BCUT2D eigenvalue weighted by Gasteiger charge is -2.34. The number of aromatic nitrogens is 1. The van der Waals surface area contributed by atoms with Crippen LogP contribution in [0, 0.1) is 11.7 Å². The Hall–Kier alpha value is -1.53. The van der Waals surface area contributed by atoms with Gasteiger partial charge in [-0.1, -0.05) is 0 Å². The molecule has 1 saturated carbocycles. The topological polar surface area (TPSA) is 45.7 Å². The van der Waals surface area contributed by atoms with Crippen molar-refractivity contribution in [1.82, 2.24) is 14.8 Å². The molecule has 1 aliphatic carbocycles. The molecule has 3 rings (SSSR count). The Balaban J connectivity index is 1.71. The Kier molecular flexibility index (Phi) is 4.69. The Bertz CT molecular complexity index is 536. The van der Waals surface area contributed by atoms with E-state index in [0.717, 1.165) is 32.1 Å². The van der Waals surface area contributed by atoms with Crippen LogP contribution >= 0.6 is 0 Å². The normalized spacial score (nSPS) is 22.5. The van der Waals surface area contributed by atoms with Gasteiger partial charge in [0.05, 0.1) is 24.5 Å². The minimum atomic E-state index is -0.560. The summed E-state index contributed by atoms with van der Waals surface area (Å²) in [5.41, 5.74) is 0.0971. The summed E-state index contributed by atoms with van der Waals surface area (Å²) >= 11 is 0. The fourth-order valence-corrected chi connectivity index (χ4v) is 2.79. The molecule has 5 nitrogen and oxygen atoms in total. The van der Waals surface area contributed by atoms with Crippen LogP contribution in [0.4, 0.5) is 4.39 Å². The number of pyridine rings is 1. The van der Waals surface area contributed by atoms with Crippen LogP contribution in [-0.4, -0.2) is 66.6 Å². The molecular weight excluding hydrogens is 285 g/mol. The SMILES string of the molecule is CN1CCO[C@H](CN(CC2CC2)C(=O)c2ccncc2F)C1. The lowest BCUT2D eigenvalue weighted by molar-refractivity contribution is -0.0332. The van der Waals surface area contributed by atoms with E-state index in [2.05, 4.69) is 9.88 Å². The number of amides is 1. The summed E-state index contributed by atoms with van der Waals surface area (Å²) in [6.45, 7) is 3.58. The van der Waals surface area contributed by atoms with Crippen molar-refractivity contribution in [3.8, 4) is 0 Å². The molecule has 120 valence electrons. The molecule has 1 aromatic heterocycles. The molecule has 22 heavy (non-hydrogen) atoms. The third-order valence-electron chi connectivity index (χ3n) is 4.23. The van der Waals surface area contributed by atoms with Crippen LogP contribution in [0.3, 0.4) is 0 Å². The third kappa shape index (κ3) is 3.81. The molecule has 1 saturated heterocycles. The highest BCUT2D eigenvalue weighted by Crippen LogP contribution is 2.30. The fourth-order valence-electron chi connectivity index (χ4n) is 2.79. The van der Waals surface area contributed by atoms with Crippen LogP contribution in [-0.2, 0) is 4.74 Å². The van der Waals surface area contributed by atoms with Crippen LogP contribution in [0.15, 0.2) is 18.5 Å². The van der Waals surface area contributed by atoms with Gasteiger partial charge in [-0.15, -0.1) is 0 Å². The predicted molar refractivity (Wildman–Crippen MR) is 80.1 cm³/mol. The third-order valence-corrected chi connectivity index (χ3v) is 4.23. The molecule has 0 unspecified atom stereocenters. The maximum Gasteiger partial charge on any atom is 0.257 e. The van der Waals surface area contributed by atoms with Crippen molar-refractivity contribution in [2.24, 2.45) is 5.92 Å². The first-order valence-electron chi connectivity index (χ1n) is 7.82. The van der Waals surface area contributed by atoms with Gasteiger partial charge in [0.2, 0.25) is 0 Å². The van der Waals surface area contributed by atoms with Crippen LogP contribution in [0.1, 0.15) is 23.2 Å². The van der Waals surface area contributed by atoms with Gasteiger partial charge in [-0.3, -0.25) is 9.78 Å². The summed E-state index contributed by atoms with van der Waals surface area (Å²) in [6, 6.07) is 1.45. The number of ether oxygens (including phenoxy) is 1. The summed E-state index contributed by atoms with van der Waals surface area (Å²) in [6.07, 6.45) is 4.83. The molecule has 6 heteroatoms. The Labute approximate surface area is 130 Å². The van der Waals surface area contributed by atoms with Crippen molar-refractivity contribution in [3.05, 3.63) is 29.8 Å². The monoisotopic (exact) mass is 307 g/mol. The molecule has 0 aromatic carbocycles. The molecule has 2 fully saturated rings. The molecule has 0 radical (unpaired) electrons. The molecule has 0 bridgehead atoms. The predicted octanol–water partition coefficient (Wildman–Crippen LogP) is 1.40. The van der Waals surface area contributed by atoms with Crippen LogP contribution in [0.5, 0.6) is 0 Å². The first-order chi connectivity index (χ1) is 10.6. The van der Waals surface area contributed by atoms with Gasteiger partial charge in [0.1, 0.15) is 0 Å². The highest BCUT2D eigenvalue weighted by atomic mass is 19.1. The first-order valence-corrected chi connectivity index (χ1v) is 7.82. The van der Waals surface area contributed by atoms with E-state index in [1.165, 1.54) is 12.3 Å². The van der Waals surface area contributed by atoms with Crippen molar-refractivity contribution < 1.29 is 13.9 Å². The molecule has 2 aliphatic rings. The number of hydrogen-bond acceptors (Lipinski definition) is 4. The number of hydrogen-bond donors (Lipinski definition) is 0. The van der Waals surface area contributed by atoms with Crippen molar-refractivity contribution in [1.29, 1.82) is 0 Å². The van der Waals surface area contributed by atoms with E-state index in [9.17, 15) is 9.18 Å². The highest BCUT2D eigenvalue weighted by Gasteiger charge is 2.31. The second kappa shape index (κ2) is 6.71. The van der Waals surface area contributed by atoms with E-state index >= 15 is 0 Å². The largest absolute Gasteiger partial charge is 0.374 e. The van der Waals surface area contributed by atoms with E-state index < -0.39 is 5.82 Å². The van der Waals surface area contributed by atoms with Crippen molar-refractivity contribution in [2.75, 3.05) is 39.8 Å². The number of morpholine rings is 1. The minimum absolute atomic E-state index is 0.00801. The van der Waals surface area contributed by atoms with Crippen molar-refractivity contribution >= 4 is 5.91 Å². The Morgan fingerprint density at radius 1 is 1.50 bits per heavy atom. The van der Waals surface area contributed by atoms with Crippen LogP contribution in [0.25, 0.3) is 0 Å². The smallest absolute Gasteiger partial charge is 0.257 e. The molecule has 1 aliphatic heterocycles. The summed E-state index contributed by atoms with van der Waals surface area (Å²) in [4.78, 5) is 20.3. The quantitative estimate of drug-likeness (QED) is 0.825. The number of likely N-dealkylation sites (N-methyl/N-ethyl adjacent to an activating group) is 1. The summed E-state index contributed by atoms with van der Waals surface area (Å²) in [5, 5.41) is 0. The number of nitrogens with zero attached hydrogens (tertiary/aromatic N) is 3.